The van der Waals surface area contributed by atoms with Gasteiger partial charge in [0, 0.05) is 14.2 Å². The Morgan fingerprint density at radius 2 is 1.67 bits per heavy atom. The Labute approximate surface area is 113 Å². The van der Waals surface area contributed by atoms with E-state index in [0.717, 1.165) is 6.04 Å². The zero-order valence-corrected chi connectivity index (χ0v) is 14.3. The van der Waals surface area contributed by atoms with Gasteiger partial charge in [0.15, 0.2) is 0 Å². The van der Waals surface area contributed by atoms with Gasteiger partial charge in [0.25, 0.3) is 0 Å². The van der Waals surface area contributed by atoms with Crippen LogP contribution in [0.5, 0.6) is 0 Å². The Kier molecular flexibility index (Phi) is 5.53. The highest BCUT2D eigenvalue weighted by atomic mass is 28.4. The topological polar surface area (TPSA) is 18.5 Å². The number of rotatable bonds is 6. The molecule has 0 heterocycles. The van der Waals surface area contributed by atoms with Gasteiger partial charge in [-0.3, -0.25) is 0 Å². The van der Waals surface area contributed by atoms with Crippen LogP contribution in [0.25, 0.3) is 5.20 Å². The predicted octanol–water partition coefficient (Wildman–Crippen LogP) is 2.69. The Morgan fingerprint density at radius 3 is 2.00 bits per heavy atom. The molecule has 18 heavy (non-hydrogen) atoms. The molecule has 0 saturated carbocycles. The van der Waals surface area contributed by atoms with Crippen LogP contribution in [0.2, 0.25) is 19.1 Å². The Morgan fingerprint density at radius 1 is 1.17 bits per heavy atom. The van der Waals surface area contributed by atoms with Crippen LogP contribution in [0.4, 0.5) is 0 Å². The normalized spacial score (nSPS) is 11.9. The van der Waals surface area contributed by atoms with Crippen molar-refractivity contribution in [3.8, 4) is 0 Å². The maximum atomic E-state index is 5.67. The molecule has 0 spiro atoms. The van der Waals surface area contributed by atoms with Crippen molar-refractivity contribution >= 4 is 27.7 Å². The lowest BCUT2D eigenvalue weighted by molar-refractivity contribution is 0.259. The first-order chi connectivity index (χ1) is 8.50. The van der Waals surface area contributed by atoms with Gasteiger partial charge in [0.2, 0.25) is 0 Å². The standard InChI is InChI=1S/C14H24O2Si2/c1-7-18(15-3,16-4)14-10-8-13(9-11-14)12(2)17(5)6/h8-11,17H,2,7H2,1,3-6H3. The number of benzene rings is 1. The average Bonchev–Trinajstić information content (AvgIpc) is 2.41. The first-order valence-electron chi connectivity index (χ1n) is 6.40. The van der Waals surface area contributed by atoms with Crippen LogP contribution in [-0.4, -0.2) is 31.6 Å². The van der Waals surface area contributed by atoms with E-state index < -0.39 is 17.4 Å². The monoisotopic (exact) mass is 280 g/mol. The molecule has 0 radical (unpaired) electrons. The highest BCUT2D eigenvalue weighted by molar-refractivity contribution is 6.81. The second-order valence-electron chi connectivity index (χ2n) is 4.77. The molecule has 100 valence electrons. The van der Waals surface area contributed by atoms with Gasteiger partial charge in [-0.05, 0) is 16.8 Å². The third-order valence-corrected chi connectivity index (χ3v) is 8.71. The van der Waals surface area contributed by atoms with Crippen molar-refractivity contribution in [1.29, 1.82) is 0 Å². The first kappa shape index (κ1) is 15.4. The molecule has 0 N–H and O–H groups in total. The summed E-state index contributed by atoms with van der Waals surface area (Å²) in [6.07, 6.45) is 0. The SMILES string of the molecule is C=C(c1ccc([Si](CC)(OC)OC)cc1)[SiH](C)C. The van der Waals surface area contributed by atoms with Crippen LogP contribution in [0.1, 0.15) is 12.5 Å². The summed E-state index contributed by atoms with van der Waals surface area (Å²) < 4.78 is 11.3. The number of hydrogen-bond donors (Lipinski definition) is 0. The summed E-state index contributed by atoms with van der Waals surface area (Å²) in [7, 11) is 0.473. The van der Waals surface area contributed by atoms with Crippen molar-refractivity contribution in [3.63, 3.8) is 0 Å². The molecule has 0 atom stereocenters. The average molecular weight is 281 g/mol. The molecule has 0 amide bonds. The minimum atomic E-state index is -2.20. The van der Waals surface area contributed by atoms with Gasteiger partial charge in [0.05, 0.1) is 8.80 Å². The molecule has 0 unspecified atom stereocenters. The van der Waals surface area contributed by atoms with Gasteiger partial charge < -0.3 is 8.85 Å². The molecular formula is C14H24O2Si2. The van der Waals surface area contributed by atoms with Gasteiger partial charge in [-0.2, -0.15) is 0 Å². The molecule has 0 bridgehead atoms. The fourth-order valence-corrected chi connectivity index (χ4v) is 5.24. The van der Waals surface area contributed by atoms with Crippen molar-refractivity contribution in [1.82, 2.24) is 0 Å². The van der Waals surface area contributed by atoms with Crippen molar-refractivity contribution in [2.45, 2.75) is 26.1 Å². The predicted molar refractivity (Wildman–Crippen MR) is 84.2 cm³/mol. The van der Waals surface area contributed by atoms with Crippen molar-refractivity contribution in [2.75, 3.05) is 14.2 Å². The molecule has 0 aliphatic heterocycles. The molecular weight excluding hydrogens is 256 g/mol. The summed E-state index contributed by atoms with van der Waals surface area (Å²) in [5.74, 6) is 0. The zero-order chi connectivity index (χ0) is 13.8. The van der Waals surface area contributed by atoms with Gasteiger partial charge in [-0.15, -0.1) is 0 Å². The van der Waals surface area contributed by atoms with E-state index in [2.05, 4.69) is 50.9 Å². The van der Waals surface area contributed by atoms with Crippen LogP contribution in [0, 0.1) is 0 Å². The Hall–Kier alpha value is -0.686. The van der Waals surface area contributed by atoms with E-state index in [1.54, 1.807) is 14.2 Å². The molecule has 0 aromatic heterocycles. The molecule has 1 aromatic carbocycles. The highest BCUT2D eigenvalue weighted by Gasteiger charge is 2.35. The quantitative estimate of drug-likeness (QED) is 0.746. The lowest BCUT2D eigenvalue weighted by Crippen LogP contribution is -2.51. The molecule has 0 aliphatic carbocycles. The third kappa shape index (κ3) is 3.00. The second-order valence-corrected chi connectivity index (χ2v) is 11.4. The van der Waals surface area contributed by atoms with Crippen LogP contribution in [0.3, 0.4) is 0 Å². The van der Waals surface area contributed by atoms with Crippen molar-refractivity contribution in [3.05, 3.63) is 36.4 Å². The summed E-state index contributed by atoms with van der Waals surface area (Å²) in [5, 5.41) is 2.50. The minimum Gasteiger partial charge on any atom is -0.394 e. The maximum Gasteiger partial charge on any atom is 0.371 e. The lowest BCUT2D eigenvalue weighted by Gasteiger charge is -2.26. The van der Waals surface area contributed by atoms with E-state index in [-0.39, 0.29) is 0 Å². The second kappa shape index (κ2) is 6.47. The Balaban J connectivity index is 3.05. The minimum absolute atomic E-state index is 0.816. The van der Waals surface area contributed by atoms with Crippen LogP contribution in [0.15, 0.2) is 30.8 Å². The largest absolute Gasteiger partial charge is 0.394 e. The van der Waals surface area contributed by atoms with E-state index in [9.17, 15) is 0 Å². The summed E-state index contributed by atoms with van der Waals surface area (Å²) in [6, 6.07) is 9.50. The summed E-state index contributed by atoms with van der Waals surface area (Å²) >= 11 is 0. The fourth-order valence-electron chi connectivity index (χ4n) is 2.08. The summed E-state index contributed by atoms with van der Waals surface area (Å²) in [5.41, 5.74) is 1.26. The van der Waals surface area contributed by atoms with E-state index >= 15 is 0 Å². The summed E-state index contributed by atoms with van der Waals surface area (Å²) in [6.45, 7) is 10.9. The third-order valence-electron chi connectivity index (χ3n) is 3.52. The molecule has 0 fully saturated rings. The van der Waals surface area contributed by atoms with Gasteiger partial charge in [-0.25, -0.2) is 0 Å². The van der Waals surface area contributed by atoms with Gasteiger partial charge >= 0.3 is 8.56 Å². The first-order valence-corrected chi connectivity index (χ1v) is 11.3. The molecule has 4 heteroatoms. The maximum absolute atomic E-state index is 5.67. The van der Waals surface area contributed by atoms with Crippen molar-refractivity contribution in [2.24, 2.45) is 0 Å². The van der Waals surface area contributed by atoms with Crippen LogP contribution in [-0.2, 0) is 8.85 Å². The van der Waals surface area contributed by atoms with Crippen molar-refractivity contribution < 1.29 is 8.85 Å². The highest BCUT2D eigenvalue weighted by Crippen LogP contribution is 2.17. The van der Waals surface area contributed by atoms with E-state index in [1.807, 2.05) is 0 Å². The van der Waals surface area contributed by atoms with Gasteiger partial charge in [-0.1, -0.05) is 56.1 Å². The zero-order valence-electron chi connectivity index (χ0n) is 12.1. The molecule has 0 aliphatic rings. The van der Waals surface area contributed by atoms with Crippen LogP contribution < -0.4 is 5.19 Å². The molecule has 0 saturated heterocycles. The van der Waals surface area contributed by atoms with E-state index in [1.165, 1.54) is 15.9 Å². The number of hydrogen-bond acceptors (Lipinski definition) is 2. The lowest BCUT2D eigenvalue weighted by atomic mass is 10.2. The molecule has 1 aromatic rings. The van der Waals surface area contributed by atoms with E-state index in [0.29, 0.717) is 0 Å². The van der Waals surface area contributed by atoms with E-state index in [4.69, 9.17) is 8.85 Å². The smallest absolute Gasteiger partial charge is 0.371 e. The summed E-state index contributed by atoms with van der Waals surface area (Å²) in [4.78, 5) is 0. The fraction of sp³-hybridized carbons (Fsp3) is 0.429. The van der Waals surface area contributed by atoms with Crippen LogP contribution >= 0.6 is 0 Å². The molecule has 1 rings (SSSR count). The van der Waals surface area contributed by atoms with Gasteiger partial charge in [0.1, 0.15) is 0 Å². The Bertz CT molecular complexity index is 386. The molecule has 2 nitrogen and oxygen atoms in total.